The summed E-state index contributed by atoms with van der Waals surface area (Å²) in [5, 5.41) is 43.5. The van der Waals surface area contributed by atoms with E-state index in [-0.39, 0.29) is 169 Å². The van der Waals surface area contributed by atoms with Gasteiger partial charge in [-0.05, 0) is 40.5 Å². The zero-order valence-corrected chi connectivity index (χ0v) is 27.1. The average Bonchev–Trinajstić information content (AvgIpc) is 2.83. The predicted molar refractivity (Wildman–Crippen MR) is 214 cm³/mol. The summed E-state index contributed by atoms with van der Waals surface area (Å²) in [5.74, 6) is -3.76. The van der Waals surface area contributed by atoms with Gasteiger partial charge in [0.1, 0.15) is 22.6 Å². The fraction of sp³-hybridized carbons (Fsp3) is 0.406. The number of esters is 2. The van der Waals surface area contributed by atoms with Crippen molar-refractivity contribution < 1.29 is 59.0 Å². The summed E-state index contributed by atoms with van der Waals surface area (Å²) in [7, 11) is 0. The van der Waals surface area contributed by atoms with Gasteiger partial charge < -0.3 is 30.3 Å². The number of ketones is 1. The average molecular weight is 1210 g/mol. The third-order valence-electron chi connectivity index (χ3n) is 4.67. The van der Waals surface area contributed by atoms with Gasteiger partial charge in [-0.1, -0.05) is 80.5 Å². The molecule has 0 bridgehead atoms. The zero-order valence-electron chi connectivity index (χ0n) is 27.1. The minimum atomic E-state index is -1.11. The van der Waals surface area contributed by atoms with Crippen LogP contribution < -0.4 is 0 Å². The molecule has 12 nitrogen and oxygen atoms in total. The molecule has 2 aromatic rings. The van der Waals surface area contributed by atoms with Crippen LogP contribution >= 0.6 is 0 Å². The molecule has 0 amide bonds. The number of rotatable bonds is 3. The number of carbonyl (C=O) groups is 6. The Morgan fingerprint density at radius 2 is 1.04 bits per heavy atom. The van der Waals surface area contributed by atoms with E-state index in [9.17, 15) is 34.2 Å². The molecule has 0 aromatic heterocycles. The topological polar surface area (TPSA) is 213 Å². The van der Waals surface area contributed by atoms with Crippen LogP contribution in [0, 0.1) is 5.92 Å². The van der Waals surface area contributed by atoms with Crippen LogP contribution in [0.2, 0.25) is 0 Å². The van der Waals surface area contributed by atoms with Crippen LogP contribution in [0.15, 0.2) is 36.4 Å². The third kappa shape index (κ3) is 33.2. The first kappa shape index (κ1) is 66.8. The summed E-state index contributed by atoms with van der Waals surface area (Å²) in [6, 6.07) is 9.28. The molecule has 0 aliphatic rings. The molecule has 49 heavy (non-hydrogen) atoms. The first-order chi connectivity index (χ1) is 19.8. The molecule has 0 fully saturated rings. The molecule has 0 unspecified atom stereocenters. The Balaban J connectivity index is -0.0000000784. The Bertz CT molecular complexity index is 1280. The van der Waals surface area contributed by atoms with Crippen molar-refractivity contribution in [2.45, 2.75) is 87.0 Å². The molecular weight excluding hydrogens is 1150 g/mol. The molecule has 275 valence electrons. The Morgan fingerprint density at radius 3 is 1.27 bits per heavy atom. The van der Waals surface area contributed by atoms with Crippen molar-refractivity contribution in [1.82, 2.24) is 0 Å². The van der Waals surface area contributed by atoms with E-state index in [1.54, 1.807) is 18.2 Å². The number of benzene rings is 2. The number of aromatic carboxylic acids is 2. The van der Waals surface area contributed by atoms with Crippen LogP contribution in [0.4, 0.5) is 0 Å². The molecule has 0 saturated heterocycles. The quantitative estimate of drug-likeness (QED) is 0.118. The Labute approximate surface area is 382 Å². The van der Waals surface area contributed by atoms with E-state index in [4.69, 9.17) is 20.1 Å². The van der Waals surface area contributed by atoms with Crippen molar-refractivity contribution in [1.29, 1.82) is 0 Å². The Hall–Kier alpha value is -0.389. The second-order valence-electron chi connectivity index (χ2n) is 11.6. The van der Waals surface area contributed by atoms with Gasteiger partial charge in [0.25, 0.3) is 6.47 Å². The SMILES string of the molecule is CC(=O)OC(=O)C(C)=O.CC(C)(C)c1cc(C(=O)O)c(O)c(C(C)(C)C)c1.C[C](C)C.O=C(O)c1ccccc1O.O=CO.[InH3].[InH3].[InH3].[InH3].[InH3]. The number of carboxylic acids is 2. The van der Waals surface area contributed by atoms with Crippen LogP contribution in [0.3, 0.4) is 0 Å². The van der Waals surface area contributed by atoms with Crippen LogP contribution in [-0.4, -0.2) is 191 Å². The molecule has 0 heterocycles. The second-order valence-corrected chi connectivity index (χ2v) is 11.6. The molecular formula is C32H60In5O12. The van der Waals surface area contributed by atoms with Crippen molar-refractivity contribution >= 4 is 165 Å². The van der Waals surface area contributed by atoms with E-state index in [0.29, 0.717) is 5.56 Å². The normalized spacial score (nSPS) is 8.98. The monoisotopic (exact) mass is 1210 g/mol. The fourth-order valence-electron chi connectivity index (χ4n) is 2.66. The molecule has 0 saturated carbocycles. The molecule has 1 radical (unpaired) electrons. The zero-order chi connectivity index (χ0) is 35.6. The van der Waals surface area contributed by atoms with E-state index in [2.05, 4.69) is 25.5 Å². The summed E-state index contributed by atoms with van der Waals surface area (Å²) in [5.41, 5.74) is 1.05. The van der Waals surface area contributed by atoms with Crippen molar-refractivity contribution in [3.63, 3.8) is 0 Å². The number of para-hydroxylation sites is 1. The minimum absolute atomic E-state index is 0. The van der Waals surface area contributed by atoms with E-state index in [0.717, 1.165) is 19.4 Å². The maximum absolute atomic E-state index is 11.2. The van der Waals surface area contributed by atoms with Crippen molar-refractivity contribution in [3.8, 4) is 11.5 Å². The van der Waals surface area contributed by atoms with Gasteiger partial charge in [0, 0.05) is 19.4 Å². The third-order valence-corrected chi connectivity index (χ3v) is 4.67. The molecule has 17 heteroatoms. The molecule has 2 aromatic carbocycles. The second kappa shape index (κ2) is 33.4. The summed E-state index contributed by atoms with van der Waals surface area (Å²) in [6.07, 6.45) is 0. The van der Waals surface area contributed by atoms with Crippen LogP contribution in [-0.2, 0) is 34.7 Å². The summed E-state index contributed by atoms with van der Waals surface area (Å²) in [6.45, 7) is 20.0. The summed E-state index contributed by atoms with van der Waals surface area (Å²) < 4.78 is 3.88. The molecule has 0 atom stereocenters. The van der Waals surface area contributed by atoms with Gasteiger partial charge in [0.15, 0.2) is 0 Å². The molecule has 0 aliphatic heterocycles. The number of aromatic hydroxyl groups is 2. The molecule has 5 N–H and O–H groups in total. The van der Waals surface area contributed by atoms with E-state index >= 15 is 0 Å². The van der Waals surface area contributed by atoms with Crippen molar-refractivity contribution in [3.05, 3.63) is 64.6 Å². The number of hydrogen-bond acceptors (Lipinski definition) is 9. The Kier molecular flexibility index (Phi) is 45.6. The van der Waals surface area contributed by atoms with Gasteiger partial charge in [-0.2, -0.15) is 0 Å². The summed E-state index contributed by atoms with van der Waals surface area (Å²) >= 11 is 0. The predicted octanol–water partition coefficient (Wildman–Crippen LogP) is -0.157. The van der Waals surface area contributed by atoms with Crippen molar-refractivity contribution in [2.75, 3.05) is 0 Å². The fourth-order valence-corrected chi connectivity index (χ4v) is 2.66. The van der Waals surface area contributed by atoms with Crippen LogP contribution in [0.25, 0.3) is 0 Å². The van der Waals surface area contributed by atoms with E-state index < -0.39 is 29.7 Å². The van der Waals surface area contributed by atoms with Crippen LogP contribution in [0.1, 0.15) is 108 Å². The van der Waals surface area contributed by atoms with Gasteiger partial charge in [0.05, 0.1) is 0 Å². The number of carboxylic acid groups (broad SMARTS) is 3. The van der Waals surface area contributed by atoms with Gasteiger partial charge in [-0.25, -0.2) is 14.4 Å². The van der Waals surface area contributed by atoms with E-state index in [1.165, 1.54) is 18.1 Å². The number of carbonyl (C=O) groups excluding carboxylic acids is 3. The summed E-state index contributed by atoms with van der Waals surface area (Å²) in [4.78, 5) is 60.0. The number of hydrogen-bond donors (Lipinski definition) is 5. The molecule has 0 spiro atoms. The number of phenols is 2. The molecule has 0 aliphatic carbocycles. The van der Waals surface area contributed by atoms with Crippen molar-refractivity contribution in [2.24, 2.45) is 0 Å². The first-order valence-electron chi connectivity index (χ1n) is 13.0. The van der Waals surface area contributed by atoms with Gasteiger partial charge in [-0.15, -0.1) is 0 Å². The van der Waals surface area contributed by atoms with Gasteiger partial charge >= 0.3 is 153 Å². The Morgan fingerprint density at radius 1 is 0.673 bits per heavy atom. The van der Waals surface area contributed by atoms with Gasteiger partial charge in [-0.3, -0.25) is 14.4 Å². The van der Waals surface area contributed by atoms with Gasteiger partial charge in [0.2, 0.25) is 5.78 Å². The standard InChI is InChI=1S/C15H22O3.C7H6O3.C5H6O4.C4H9.CH2O2.5In.15H/c1-14(2,3)9-7-10(13(17)18)12(16)11(8-9)15(4,5)6;8-6-4-2-1-3-5(6)7(9)10;1-3(6)5(8)9-4(2)7;1-4(2)3;2-1-3;;;;;;;;;;;;;;;;;;;;/h7-8,16H,1-6H3,(H,17,18);1-4,8H,(H,9,10);1-2H3;1-3H3;1H,(H,2,3);;;;;;;;;;;;;;;;;;;;. The number of Topliss-reactive ketones (excluding diaryl/α,β-unsaturated/α-hetero) is 1. The first-order valence-corrected chi connectivity index (χ1v) is 13.0. The molecule has 2 rings (SSSR count). The van der Waals surface area contributed by atoms with Crippen LogP contribution in [0.5, 0.6) is 11.5 Å². The number of ether oxygens (including phenoxy) is 1. The van der Waals surface area contributed by atoms with E-state index in [1.807, 2.05) is 47.6 Å². The maximum atomic E-state index is 11.2.